The van der Waals surface area contributed by atoms with Gasteiger partial charge in [-0.25, -0.2) is 9.59 Å². The summed E-state index contributed by atoms with van der Waals surface area (Å²) in [6.45, 7) is 6.98. The van der Waals surface area contributed by atoms with E-state index in [1.807, 2.05) is 0 Å². The minimum absolute atomic E-state index is 0.00311. The topological polar surface area (TPSA) is 78.9 Å². The highest BCUT2D eigenvalue weighted by Crippen LogP contribution is 2.66. The molecule has 0 aromatic rings. The van der Waals surface area contributed by atoms with Gasteiger partial charge in [-0.15, -0.1) is 0 Å². The lowest BCUT2D eigenvalue weighted by molar-refractivity contribution is -0.166. The molecule has 3 aliphatic rings. The molecule has 0 radical (unpaired) electrons. The van der Waals surface area contributed by atoms with Crippen molar-refractivity contribution < 1.29 is 28.6 Å². The molecule has 0 amide bonds. The summed E-state index contributed by atoms with van der Waals surface area (Å²) in [5.41, 5.74) is -0.243. The van der Waals surface area contributed by atoms with Gasteiger partial charge in [-0.1, -0.05) is 27.2 Å². The number of ether oxygens (including phenoxy) is 3. The van der Waals surface area contributed by atoms with Crippen LogP contribution in [0.2, 0.25) is 0 Å². The maximum Gasteiger partial charge on any atom is 0.508 e. The van der Waals surface area contributed by atoms with Gasteiger partial charge in [0.15, 0.2) is 5.78 Å². The number of allylic oxidation sites excluding steroid dienone is 1. The second kappa shape index (κ2) is 7.77. The number of esters is 1. The van der Waals surface area contributed by atoms with E-state index in [0.717, 1.165) is 19.3 Å². The first-order chi connectivity index (χ1) is 13.6. The third kappa shape index (κ3) is 3.59. The van der Waals surface area contributed by atoms with Gasteiger partial charge in [0.1, 0.15) is 6.61 Å². The zero-order valence-electron chi connectivity index (χ0n) is 18.3. The Labute approximate surface area is 173 Å². The zero-order chi connectivity index (χ0) is 21.4. The van der Waals surface area contributed by atoms with Crippen LogP contribution in [0.1, 0.15) is 65.7 Å². The first-order valence-corrected chi connectivity index (χ1v) is 10.6. The summed E-state index contributed by atoms with van der Waals surface area (Å²) in [6, 6.07) is 0. The third-order valence-electron chi connectivity index (χ3n) is 8.18. The molecule has 0 aliphatic heterocycles. The number of fused-ring (bicyclic) bond motifs is 3. The second-order valence-electron chi connectivity index (χ2n) is 9.95. The molecular formula is C23H34O6. The van der Waals surface area contributed by atoms with Crippen LogP contribution in [0.25, 0.3) is 0 Å². The van der Waals surface area contributed by atoms with E-state index in [9.17, 15) is 14.4 Å². The van der Waals surface area contributed by atoms with Crippen molar-refractivity contribution in [2.45, 2.75) is 65.7 Å². The highest BCUT2D eigenvalue weighted by atomic mass is 16.7. The molecule has 4 atom stereocenters. The molecule has 29 heavy (non-hydrogen) atoms. The van der Waals surface area contributed by atoms with Crippen molar-refractivity contribution in [1.82, 2.24) is 0 Å². The number of rotatable bonds is 3. The molecule has 0 bridgehead atoms. The molecule has 162 valence electrons. The van der Waals surface area contributed by atoms with Crippen LogP contribution in [-0.4, -0.2) is 38.7 Å². The summed E-state index contributed by atoms with van der Waals surface area (Å²) in [4.78, 5) is 37.5. The van der Waals surface area contributed by atoms with E-state index in [4.69, 9.17) is 9.47 Å². The van der Waals surface area contributed by atoms with Gasteiger partial charge in [0, 0.05) is 5.57 Å². The number of ketones is 1. The summed E-state index contributed by atoms with van der Waals surface area (Å²) in [6.07, 6.45) is 6.81. The van der Waals surface area contributed by atoms with Crippen molar-refractivity contribution >= 4 is 17.9 Å². The average Bonchev–Trinajstić information content (AvgIpc) is 2.82. The van der Waals surface area contributed by atoms with Crippen LogP contribution < -0.4 is 0 Å². The van der Waals surface area contributed by atoms with Crippen molar-refractivity contribution in [3.05, 3.63) is 11.6 Å². The summed E-state index contributed by atoms with van der Waals surface area (Å²) < 4.78 is 14.9. The smallest absolute Gasteiger partial charge is 0.466 e. The maximum atomic E-state index is 13.6. The Hall–Kier alpha value is -1.85. The Morgan fingerprint density at radius 2 is 1.76 bits per heavy atom. The van der Waals surface area contributed by atoms with Gasteiger partial charge in [0.05, 0.1) is 19.6 Å². The fourth-order valence-corrected chi connectivity index (χ4v) is 6.87. The highest BCUT2D eigenvalue weighted by Gasteiger charge is 2.62. The molecule has 3 rings (SSSR count). The average molecular weight is 407 g/mol. The quantitative estimate of drug-likeness (QED) is 0.644. The van der Waals surface area contributed by atoms with E-state index in [2.05, 4.69) is 25.5 Å². The number of hydrogen-bond donors (Lipinski definition) is 0. The van der Waals surface area contributed by atoms with Crippen LogP contribution in [0.5, 0.6) is 0 Å². The zero-order valence-corrected chi connectivity index (χ0v) is 18.3. The summed E-state index contributed by atoms with van der Waals surface area (Å²) in [5.74, 6) is -0.0459. The van der Waals surface area contributed by atoms with Gasteiger partial charge in [-0.05, 0) is 67.3 Å². The fraction of sp³-hybridized carbons (Fsp3) is 0.783. The number of carbonyl (C=O) groups is 3. The molecule has 2 saturated carbocycles. The lowest BCUT2D eigenvalue weighted by Crippen LogP contribution is -2.59. The minimum Gasteiger partial charge on any atom is -0.466 e. The van der Waals surface area contributed by atoms with E-state index in [0.29, 0.717) is 30.8 Å². The van der Waals surface area contributed by atoms with Crippen LogP contribution in [0.15, 0.2) is 11.6 Å². The molecule has 0 spiro atoms. The molecule has 6 nitrogen and oxygen atoms in total. The van der Waals surface area contributed by atoms with Crippen molar-refractivity contribution in [1.29, 1.82) is 0 Å². The molecule has 3 aliphatic carbocycles. The molecule has 0 aromatic heterocycles. The molecule has 2 fully saturated rings. The largest absolute Gasteiger partial charge is 0.508 e. The monoisotopic (exact) mass is 406 g/mol. The summed E-state index contributed by atoms with van der Waals surface area (Å²) >= 11 is 0. The molecule has 0 aromatic carbocycles. The SMILES string of the molecule is COC(=O)OCC12CCC3C(C)(C)CCCC3(C)C1CCC(C(=O)OC)=CC2=O. The number of methoxy groups -OCH3 is 2. The Balaban J connectivity index is 2.05. The first-order valence-electron chi connectivity index (χ1n) is 10.6. The van der Waals surface area contributed by atoms with Crippen LogP contribution in [0.3, 0.4) is 0 Å². The van der Waals surface area contributed by atoms with Gasteiger partial charge in [-0.2, -0.15) is 0 Å². The maximum absolute atomic E-state index is 13.6. The highest BCUT2D eigenvalue weighted by molar-refractivity contribution is 6.03. The predicted molar refractivity (Wildman–Crippen MR) is 107 cm³/mol. The lowest BCUT2D eigenvalue weighted by atomic mass is 9.42. The Bertz CT molecular complexity index is 723. The van der Waals surface area contributed by atoms with Crippen LogP contribution in [0.4, 0.5) is 4.79 Å². The van der Waals surface area contributed by atoms with Gasteiger partial charge in [0.25, 0.3) is 0 Å². The van der Waals surface area contributed by atoms with E-state index < -0.39 is 17.5 Å². The van der Waals surface area contributed by atoms with Gasteiger partial charge >= 0.3 is 12.1 Å². The van der Waals surface area contributed by atoms with Crippen LogP contribution >= 0.6 is 0 Å². The van der Waals surface area contributed by atoms with Crippen LogP contribution in [-0.2, 0) is 23.8 Å². The first kappa shape index (κ1) is 21.8. The predicted octanol–water partition coefficient (Wildman–Crippen LogP) is 4.46. The second-order valence-corrected chi connectivity index (χ2v) is 9.95. The van der Waals surface area contributed by atoms with Gasteiger partial charge < -0.3 is 14.2 Å². The Morgan fingerprint density at radius 3 is 2.41 bits per heavy atom. The fourth-order valence-electron chi connectivity index (χ4n) is 6.87. The summed E-state index contributed by atoms with van der Waals surface area (Å²) in [7, 11) is 2.60. The van der Waals surface area contributed by atoms with Crippen molar-refractivity contribution in [2.24, 2.45) is 28.1 Å². The van der Waals surface area contributed by atoms with E-state index >= 15 is 0 Å². The van der Waals surface area contributed by atoms with Crippen LogP contribution in [0, 0.1) is 28.1 Å². The van der Waals surface area contributed by atoms with Gasteiger partial charge in [0.2, 0.25) is 0 Å². The lowest BCUT2D eigenvalue weighted by Gasteiger charge is -2.62. The number of carbonyl (C=O) groups excluding carboxylic acids is 3. The van der Waals surface area contributed by atoms with Crippen molar-refractivity contribution in [2.75, 3.05) is 20.8 Å². The van der Waals surface area contributed by atoms with Crippen molar-refractivity contribution in [3.8, 4) is 0 Å². The van der Waals surface area contributed by atoms with E-state index in [-0.39, 0.29) is 29.1 Å². The Kier molecular flexibility index (Phi) is 5.85. The molecule has 6 heteroatoms. The molecule has 4 unspecified atom stereocenters. The molecule has 0 saturated heterocycles. The minimum atomic E-state index is -0.817. The Morgan fingerprint density at radius 1 is 1.03 bits per heavy atom. The van der Waals surface area contributed by atoms with E-state index in [1.165, 1.54) is 26.7 Å². The van der Waals surface area contributed by atoms with E-state index in [1.54, 1.807) is 0 Å². The number of hydrogen-bond acceptors (Lipinski definition) is 6. The van der Waals surface area contributed by atoms with Crippen molar-refractivity contribution in [3.63, 3.8) is 0 Å². The molecule has 0 N–H and O–H groups in total. The standard InChI is InChI=1S/C23H34O6/c1-21(2)10-6-11-22(3)16(21)9-12-23(14-29-20(26)28-5)17(22)8-7-15(13-18(23)24)19(25)27-4/h13,16-17H,6-12,14H2,1-5H3. The third-order valence-corrected chi connectivity index (χ3v) is 8.18. The molecule has 0 heterocycles. The normalized spacial score (nSPS) is 36.0. The molecular weight excluding hydrogens is 372 g/mol. The summed E-state index contributed by atoms with van der Waals surface area (Å²) in [5, 5.41) is 0. The van der Waals surface area contributed by atoms with Gasteiger partial charge in [-0.3, -0.25) is 4.79 Å².